The van der Waals surface area contributed by atoms with Gasteiger partial charge < -0.3 is 10.6 Å². The minimum Gasteiger partial charge on any atom is -0.355 e. The summed E-state index contributed by atoms with van der Waals surface area (Å²) in [6.07, 6.45) is 4.66. The van der Waals surface area contributed by atoms with Crippen molar-refractivity contribution >= 4 is 51.3 Å². The summed E-state index contributed by atoms with van der Waals surface area (Å²) in [5.74, 6) is 0.587. The van der Waals surface area contributed by atoms with Gasteiger partial charge in [-0.05, 0) is 19.1 Å². The SMILES string of the molecule is CN=C(NCCNS(=O)(=O)c1cccnc1)NCc1ncc(C)s1.I. The first-order valence-electron chi connectivity index (χ1n) is 7.27. The number of aromatic nitrogens is 2. The van der Waals surface area contributed by atoms with E-state index in [1.807, 2.05) is 13.1 Å². The molecule has 25 heavy (non-hydrogen) atoms. The van der Waals surface area contributed by atoms with E-state index in [1.54, 1.807) is 24.5 Å². The van der Waals surface area contributed by atoms with Crippen LogP contribution in [0.5, 0.6) is 0 Å². The van der Waals surface area contributed by atoms with E-state index in [2.05, 4.69) is 30.3 Å². The van der Waals surface area contributed by atoms with Gasteiger partial charge in [-0.3, -0.25) is 9.98 Å². The second-order valence-corrected chi connectivity index (χ2v) is 7.89. The number of nitrogens with one attached hydrogen (secondary N) is 3. The molecule has 2 aromatic heterocycles. The summed E-state index contributed by atoms with van der Waals surface area (Å²) in [5, 5.41) is 7.14. The highest BCUT2D eigenvalue weighted by Gasteiger charge is 2.12. The van der Waals surface area contributed by atoms with E-state index in [0.29, 0.717) is 19.0 Å². The highest BCUT2D eigenvalue weighted by molar-refractivity contribution is 14.0. The second-order valence-electron chi connectivity index (χ2n) is 4.80. The van der Waals surface area contributed by atoms with E-state index in [1.165, 1.54) is 18.5 Å². The van der Waals surface area contributed by atoms with Crippen molar-refractivity contribution in [1.29, 1.82) is 0 Å². The Balaban J connectivity index is 0.00000312. The standard InChI is InChI=1S/C14H20N6O2S2.HI/c1-11-8-18-13(23-11)10-19-14(15-2)17-6-7-20-24(21,22)12-4-3-5-16-9-12;/h3-5,8-9,20H,6-7,10H2,1-2H3,(H2,15,17,19);1H. The number of sulfonamides is 1. The Morgan fingerprint density at radius 1 is 1.28 bits per heavy atom. The van der Waals surface area contributed by atoms with Crippen molar-refractivity contribution in [3.8, 4) is 0 Å². The van der Waals surface area contributed by atoms with Gasteiger partial charge in [0.1, 0.15) is 9.90 Å². The molecule has 2 rings (SSSR count). The zero-order valence-corrected chi connectivity index (χ0v) is 17.9. The minimum absolute atomic E-state index is 0. The summed E-state index contributed by atoms with van der Waals surface area (Å²) < 4.78 is 26.6. The van der Waals surface area contributed by atoms with Crippen LogP contribution in [0, 0.1) is 6.92 Å². The monoisotopic (exact) mass is 496 g/mol. The molecular formula is C14H21IN6O2S2. The van der Waals surface area contributed by atoms with Crippen molar-refractivity contribution in [3.05, 3.63) is 40.6 Å². The van der Waals surface area contributed by atoms with Crippen molar-refractivity contribution in [2.45, 2.75) is 18.4 Å². The molecule has 0 atom stereocenters. The zero-order chi connectivity index (χ0) is 17.4. The van der Waals surface area contributed by atoms with Crippen LogP contribution in [0.4, 0.5) is 0 Å². The van der Waals surface area contributed by atoms with Gasteiger partial charge in [0.2, 0.25) is 10.0 Å². The minimum atomic E-state index is -3.54. The molecule has 0 aromatic carbocycles. The number of aryl methyl sites for hydroxylation is 1. The molecule has 0 saturated carbocycles. The first kappa shape index (κ1) is 21.7. The van der Waals surface area contributed by atoms with Crippen LogP contribution in [-0.2, 0) is 16.6 Å². The van der Waals surface area contributed by atoms with E-state index in [9.17, 15) is 8.42 Å². The number of aliphatic imine (C=N–C) groups is 1. The lowest BCUT2D eigenvalue weighted by atomic mass is 10.5. The molecule has 0 aliphatic heterocycles. The van der Waals surface area contributed by atoms with Gasteiger partial charge >= 0.3 is 0 Å². The van der Waals surface area contributed by atoms with Gasteiger partial charge in [-0.15, -0.1) is 35.3 Å². The average molecular weight is 496 g/mol. The molecular weight excluding hydrogens is 475 g/mol. The van der Waals surface area contributed by atoms with Gasteiger partial charge in [0.05, 0.1) is 6.54 Å². The molecule has 8 nitrogen and oxygen atoms in total. The van der Waals surface area contributed by atoms with Crippen LogP contribution in [0.1, 0.15) is 9.88 Å². The summed E-state index contributed by atoms with van der Waals surface area (Å²) in [7, 11) is -1.88. The van der Waals surface area contributed by atoms with Gasteiger partial charge in [0, 0.05) is 43.6 Å². The molecule has 0 spiro atoms. The lowest BCUT2D eigenvalue weighted by Gasteiger charge is -2.11. The molecule has 0 fully saturated rings. The summed E-state index contributed by atoms with van der Waals surface area (Å²) in [4.78, 5) is 13.5. The van der Waals surface area contributed by atoms with E-state index in [0.717, 1.165) is 9.88 Å². The topological polar surface area (TPSA) is 108 Å². The first-order chi connectivity index (χ1) is 11.5. The fraction of sp³-hybridized carbons (Fsp3) is 0.357. The maximum absolute atomic E-state index is 12.0. The Labute approximate surface area is 168 Å². The molecule has 0 aliphatic carbocycles. The average Bonchev–Trinajstić information content (AvgIpc) is 3.00. The maximum Gasteiger partial charge on any atom is 0.242 e. The van der Waals surface area contributed by atoms with Crippen molar-refractivity contribution < 1.29 is 8.42 Å². The molecule has 0 amide bonds. The molecule has 3 N–H and O–H groups in total. The summed E-state index contributed by atoms with van der Waals surface area (Å²) >= 11 is 1.62. The third-order valence-corrected chi connectivity index (χ3v) is 5.31. The predicted molar refractivity (Wildman–Crippen MR) is 110 cm³/mol. The molecule has 138 valence electrons. The van der Waals surface area contributed by atoms with Crippen molar-refractivity contribution in [2.75, 3.05) is 20.1 Å². The molecule has 0 radical (unpaired) electrons. The van der Waals surface area contributed by atoms with Gasteiger partial charge in [0.25, 0.3) is 0 Å². The number of thiazole rings is 1. The Bertz CT molecular complexity index is 780. The number of halogens is 1. The fourth-order valence-corrected chi connectivity index (χ4v) is 3.54. The molecule has 0 aliphatic rings. The lowest BCUT2D eigenvalue weighted by molar-refractivity contribution is 0.580. The Morgan fingerprint density at radius 2 is 2.08 bits per heavy atom. The van der Waals surface area contributed by atoms with Crippen LogP contribution in [0.2, 0.25) is 0 Å². The number of guanidine groups is 1. The van der Waals surface area contributed by atoms with Crippen LogP contribution in [0.25, 0.3) is 0 Å². The van der Waals surface area contributed by atoms with Crippen molar-refractivity contribution in [3.63, 3.8) is 0 Å². The molecule has 0 bridgehead atoms. The van der Waals surface area contributed by atoms with Gasteiger partial charge in [0.15, 0.2) is 5.96 Å². The zero-order valence-electron chi connectivity index (χ0n) is 13.9. The van der Waals surface area contributed by atoms with Crippen LogP contribution >= 0.6 is 35.3 Å². The third-order valence-electron chi connectivity index (χ3n) is 2.95. The highest BCUT2D eigenvalue weighted by Crippen LogP contribution is 2.10. The molecule has 0 saturated heterocycles. The molecule has 11 heteroatoms. The second kappa shape index (κ2) is 10.6. The Morgan fingerprint density at radius 3 is 2.68 bits per heavy atom. The van der Waals surface area contributed by atoms with Crippen molar-refractivity contribution in [2.24, 2.45) is 4.99 Å². The van der Waals surface area contributed by atoms with Crippen LogP contribution in [-0.4, -0.2) is 44.5 Å². The highest BCUT2D eigenvalue weighted by atomic mass is 127. The first-order valence-corrected chi connectivity index (χ1v) is 9.57. The van der Waals surface area contributed by atoms with Gasteiger partial charge in [-0.2, -0.15) is 0 Å². The normalized spacial score (nSPS) is 11.7. The number of rotatable bonds is 7. The van der Waals surface area contributed by atoms with Crippen LogP contribution in [0.15, 0.2) is 40.6 Å². The Kier molecular flexibility index (Phi) is 9.24. The largest absolute Gasteiger partial charge is 0.355 e. The summed E-state index contributed by atoms with van der Waals surface area (Å²) in [5.41, 5.74) is 0. The summed E-state index contributed by atoms with van der Waals surface area (Å²) in [6.45, 7) is 3.20. The lowest BCUT2D eigenvalue weighted by Crippen LogP contribution is -2.41. The molecule has 0 unspecified atom stereocenters. The molecule has 2 heterocycles. The maximum atomic E-state index is 12.0. The quantitative estimate of drug-likeness (QED) is 0.230. The fourth-order valence-electron chi connectivity index (χ4n) is 1.82. The number of nitrogens with zero attached hydrogens (tertiary/aromatic N) is 3. The molecule has 2 aromatic rings. The number of hydrogen-bond acceptors (Lipinski definition) is 6. The third kappa shape index (κ3) is 7.22. The van der Waals surface area contributed by atoms with E-state index >= 15 is 0 Å². The van der Waals surface area contributed by atoms with Crippen LogP contribution in [0.3, 0.4) is 0 Å². The van der Waals surface area contributed by atoms with E-state index in [4.69, 9.17) is 0 Å². The van der Waals surface area contributed by atoms with Crippen molar-refractivity contribution in [1.82, 2.24) is 25.3 Å². The number of hydrogen-bond donors (Lipinski definition) is 3. The predicted octanol–water partition coefficient (Wildman–Crippen LogP) is 1.11. The summed E-state index contributed by atoms with van der Waals surface area (Å²) in [6, 6.07) is 3.08. The van der Waals surface area contributed by atoms with Gasteiger partial charge in [-0.1, -0.05) is 0 Å². The van der Waals surface area contributed by atoms with Gasteiger partial charge in [-0.25, -0.2) is 18.1 Å². The number of pyridine rings is 1. The van der Waals surface area contributed by atoms with Crippen LogP contribution < -0.4 is 15.4 Å². The Hall–Kier alpha value is -1.31. The van der Waals surface area contributed by atoms with E-state index in [-0.39, 0.29) is 35.4 Å². The van der Waals surface area contributed by atoms with E-state index < -0.39 is 10.0 Å². The smallest absolute Gasteiger partial charge is 0.242 e.